The first-order chi connectivity index (χ1) is 15.4. The second-order valence-corrected chi connectivity index (χ2v) is 8.31. The Bertz CT molecular complexity index is 828. The molecule has 10 heteroatoms. The van der Waals surface area contributed by atoms with Crippen LogP contribution >= 0.6 is 11.8 Å². The predicted molar refractivity (Wildman–Crippen MR) is 119 cm³/mol. The molecule has 1 unspecified atom stereocenters. The minimum Gasteiger partial charge on any atom is -0.468 e. The van der Waals surface area contributed by atoms with E-state index in [0.29, 0.717) is 34.8 Å². The molecule has 0 spiro atoms. The molecule has 2 rings (SSSR count). The standard InChI is InChI=1S/C22H31NO8S/c1-5-28-20(24)17-12-22(23,21(25)29-6-2)32-19(17)10-7-15-11-16(30-13-26-3)8-9-18(15)31-14-27-4/h8-9,11H,5-7,10,12-14,23H2,1-4H3. The zero-order chi connectivity index (χ0) is 23.6. The number of aryl methyl sites for hydroxylation is 1. The third-order valence-electron chi connectivity index (χ3n) is 4.55. The van der Waals surface area contributed by atoms with Crippen molar-refractivity contribution in [3.8, 4) is 11.5 Å². The van der Waals surface area contributed by atoms with E-state index in [1.54, 1.807) is 33.1 Å². The van der Waals surface area contributed by atoms with Crippen molar-refractivity contribution in [1.29, 1.82) is 0 Å². The summed E-state index contributed by atoms with van der Waals surface area (Å²) in [5, 5.41) is 0. The van der Waals surface area contributed by atoms with Crippen LogP contribution in [-0.2, 0) is 35.0 Å². The number of hydrogen-bond donors (Lipinski definition) is 1. The van der Waals surface area contributed by atoms with Crippen molar-refractivity contribution in [2.24, 2.45) is 5.73 Å². The van der Waals surface area contributed by atoms with Crippen LogP contribution in [0.15, 0.2) is 28.7 Å². The molecular weight excluding hydrogens is 438 g/mol. The van der Waals surface area contributed by atoms with E-state index in [9.17, 15) is 9.59 Å². The average molecular weight is 470 g/mol. The molecule has 0 saturated carbocycles. The van der Waals surface area contributed by atoms with Gasteiger partial charge >= 0.3 is 11.9 Å². The maximum Gasteiger partial charge on any atom is 0.337 e. The van der Waals surface area contributed by atoms with Gasteiger partial charge in [0.2, 0.25) is 0 Å². The van der Waals surface area contributed by atoms with Crippen LogP contribution in [0.2, 0.25) is 0 Å². The molecule has 0 radical (unpaired) electrons. The molecule has 178 valence electrons. The van der Waals surface area contributed by atoms with Gasteiger partial charge in [-0.15, -0.1) is 0 Å². The number of esters is 2. The maximum absolute atomic E-state index is 12.5. The summed E-state index contributed by atoms with van der Waals surface area (Å²) in [5.41, 5.74) is 7.56. The largest absolute Gasteiger partial charge is 0.468 e. The Hall–Kier alpha value is -2.27. The number of thioether (sulfide) groups is 1. The van der Waals surface area contributed by atoms with Crippen molar-refractivity contribution in [2.45, 2.75) is 38.0 Å². The quantitative estimate of drug-likeness (QED) is 0.341. The summed E-state index contributed by atoms with van der Waals surface area (Å²) in [5.74, 6) is 0.216. The van der Waals surface area contributed by atoms with Gasteiger partial charge < -0.3 is 34.2 Å². The highest BCUT2D eigenvalue weighted by atomic mass is 32.2. The molecule has 1 aromatic carbocycles. The van der Waals surface area contributed by atoms with E-state index >= 15 is 0 Å². The molecule has 2 N–H and O–H groups in total. The highest BCUT2D eigenvalue weighted by Gasteiger charge is 2.46. The highest BCUT2D eigenvalue weighted by molar-refractivity contribution is 8.05. The molecule has 1 heterocycles. The lowest BCUT2D eigenvalue weighted by Gasteiger charge is -2.21. The molecule has 0 fully saturated rings. The smallest absolute Gasteiger partial charge is 0.337 e. The fourth-order valence-electron chi connectivity index (χ4n) is 3.13. The van der Waals surface area contributed by atoms with Crippen LogP contribution in [0, 0.1) is 0 Å². The van der Waals surface area contributed by atoms with E-state index in [4.69, 9.17) is 34.2 Å². The van der Waals surface area contributed by atoms with Crippen LogP contribution in [-0.4, -0.2) is 57.8 Å². The van der Waals surface area contributed by atoms with Gasteiger partial charge in [0.25, 0.3) is 0 Å². The van der Waals surface area contributed by atoms with Gasteiger partial charge in [-0.25, -0.2) is 9.59 Å². The monoisotopic (exact) mass is 469 g/mol. The molecule has 9 nitrogen and oxygen atoms in total. The Morgan fingerprint density at radius 1 is 1.03 bits per heavy atom. The Morgan fingerprint density at radius 3 is 2.38 bits per heavy atom. The maximum atomic E-state index is 12.5. The first kappa shape index (κ1) is 26.0. The van der Waals surface area contributed by atoms with Gasteiger partial charge in [-0.2, -0.15) is 0 Å². The number of carbonyl (C=O) groups is 2. The number of carbonyl (C=O) groups excluding carboxylic acids is 2. The molecule has 1 aromatic rings. The van der Waals surface area contributed by atoms with Gasteiger partial charge in [-0.3, -0.25) is 0 Å². The van der Waals surface area contributed by atoms with Crippen molar-refractivity contribution < 1.29 is 38.0 Å². The van der Waals surface area contributed by atoms with Crippen LogP contribution in [0.25, 0.3) is 0 Å². The molecular formula is C22H31NO8S. The van der Waals surface area contributed by atoms with Gasteiger partial charge in [-0.1, -0.05) is 11.8 Å². The molecule has 1 aliphatic heterocycles. The summed E-state index contributed by atoms with van der Waals surface area (Å²) in [6, 6.07) is 5.40. The molecule has 1 aliphatic rings. The second kappa shape index (κ2) is 12.7. The number of nitrogens with two attached hydrogens (primary N) is 1. The number of rotatable bonds is 13. The highest BCUT2D eigenvalue weighted by Crippen LogP contribution is 2.46. The second-order valence-electron chi connectivity index (χ2n) is 6.88. The Balaban J connectivity index is 2.26. The lowest BCUT2D eigenvalue weighted by atomic mass is 10.0. The summed E-state index contributed by atoms with van der Waals surface area (Å²) < 4.78 is 31.5. The number of allylic oxidation sites excluding steroid dienone is 1. The Labute approximate surface area is 192 Å². The lowest BCUT2D eigenvalue weighted by Crippen LogP contribution is -2.44. The minimum absolute atomic E-state index is 0.0503. The molecule has 0 aromatic heterocycles. The minimum atomic E-state index is -1.35. The number of benzene rings is 1. The summed E-state index contributed by atoms with van der Waals surface area (Å²) in [6.45, 7) is 4.07. The number of methoxy groups -OCH3 is 2. The van der Waals surface area contributed by atoms with Crippen molar-refractivity contribution in [2.75, 3.05) is 41.0 Å². The van der Waals surface area contributed by atoms with Crippen LogP contribution in [0.3, 0.4) is 0 Å². The molecule has 0 bridgehead atoms. The third kappa shape index (κ3) is 6.86. The first-order valence-electron chi connectivity index (χ1n) is 10.3. The number of hydrogen-bond acceptors (Lipinski definition) is 10. The van der Waals surface area contributed by atoms with E-state index in [1.165, 1.54) is 7.11 Å². The molecule has 1 atom stereocenters. The Morgan fingerprint density at radius 2 is 1.72 bits per heavy atom. The summed E-state index contributed by atoms with van der Waals surface area (Å²) in [6.07, 6.45) is 1.01. The van der Waals surface area contributed by atoms with Crippen molar-refractivity contribution in [3.05, 3.63) is 34.2 Å². The number of ether oxygens (including phenoxy) is 6. The van der Waals surface area contributed by atoms with E-state index in [2.05, 4.69) is 0 Å². The third-order valence-corrected chi connectivity index (χ3v) is 5.93. The van der Waals surface area contributed by atoms with Gasteiger partial charge in [0.15, 0.2) is 18.5 Å². The summed E-state index contributed by atoms with van der Waals surface area (Å²) in [7, 11) is 3.08. The zero-order valence-corrected chi connectivity index (χ0v) is 19.7. The van der Waals surface area contributed by atoms with E-state index in [1.807, 2.05) is 6.07 Å². The van der Waals surface area contributed by atoms with Crippen LogP contribution < -0.4 is 15.2 Å². The van der Waals surface area contributed by atoms with Crippen molar-refractivity contribution in [3.63, 3.8) is 0 Å². The van der Waals surface area contributed by atoms with Crippen molar-refractivity contribution >= 4 is 23.7 Å². The van der Waals surface area contributed by atoms with Crippen LogP contribution in [0.4, 0.5) is 0 Å². The predicted octanol–water partition coefficient (Wildman–Crippen LogP) is 2.76. The van der Waals surface area contributed by atoms with Crippen LogP contribution in [0.1, 0.15) is 32.3 Å². The molecule has 0 aliphatic carbocycles. The molecule has 0 saturated heterocycles. The summed E-state index contributed by atoms with van der Waals surface area (Å²) in [4.78, 5) is 24.3. The SMILES string of the molecule is CCOC(=O)C1=C(CCc2cc(OCOC)ccc2OCOC)SC(N)(C(=O)OCC)C1. The van der Waals surface area contributed by atoms with Gasteiger partial charge in [0, 0.05) is 20.6 Å². The fraction of sp³-hybridized carbons (Fsp3) is 0.545. The average Bonchev–Trinajstić information content (AvgIpc) is 3.13. The van der Waals surface area contributed by atoms with E-state index < -0.39 is 16.8 Å². The normalized spacial score (nSPS) is 17.9. The first-order valence-corrected chi connectivity index (χ1v) is 11.1. The van der Waals surface area contributed by atoms with Crippen LogP contribution in [0.5, 0.6) is 11.5 Å². The van der Waals surface area contributed by atoms with Gasteiger partial charge in [0.1, 0.15) is 11.5 Å². The Kier molecular flexibility index (Phi) is 10.3. The molecule has 32 heavy (non-hydrogen) atoms. The van der Waals surface area contributed by atoms with E-state index in [-0.39, 0.29) is 33.2 Å². The van der Waals surface area contributed by atoms with E-state index in [0.717, 1.165) is 17.3 Å². The lowest BCUT2D eigenvalue weighted by molar-refractivity contribution is -0.146. The topological polar surface area (TPSA) is 116 Å². The van der Waals surface area contributed by atoms with Gasteiger partial charge in [0.05, 0.1) is 18.8 Å². The summed E-state index contributed by atoms with van der Waals surface area (Å²) >= 11 is 1.15. The fourth-order valence-corrected chi connectivity index (χ4v) is 4.41. The van der Waals surface area contributed by atoms with Crippen molar-refractivity contribution in [1.82, 2.24) is 0 Å². The zero-order valence-electron chi connectivity index (χ0n) is 18.9. The molecule has 0 amide bonds. The van der Waals surface area contributed by atoms with Gasteiger partial charge in [-0.05, 0) is 55.4 Å².